The van der Waals surface area contributed by atoms with Gasteiger partial charge in [-0.25, -0.2) is 4.79 Å². The Morgan fingerprint density at radius 2 is 1.79 bits per heavy atom. The zero-order chi connectivity index (χ0) is 13.8. The highest BCUT2D eigenvalue weighted by atomic mass is 79.9. The Kier molecular flexibility index (Phi) is 4.45. The molecule has 0 bridgehead atoms. The lowest BCUT2D eigenvalue weighted by molar-refractivity contribution is 0.262. The third kappa shape index (κ3) is 3.72. The van der Waals surface area contributed by atoms with E-state index < -0.39 is 0 Å². The molecule has 0 aliphatic carbocycles. The molecule has 19 heavy (non-hydrogen) atoms. The third-order valence-corrected chi connectivity index (χ3v) is 3.48. The number of hydrogen-bond donors (Lipinski definition) is 2. The number of amides is 2. The van der Waals surface area contributed by atoms with Crippen molar-refractivity contribution in [1.82, 2.24) is 0 Å². The van der Waals surface area contributed by atoms with E-state index in [4.69, 9.17) is 11.6 Å². The van der Waals surface area contributed by atoms with Crippen molar-refractivity contribution in [2.24, 2.45) is 0 Å². The van der Waals surface area contributed by atoms with Crippen LogP contribution in [0, 0.1) is 6.92 Å². The van der Waals surface area contributed by atoms with Gasteiger partial charge >= 0.3 is 6.03 Å². The highest BCUT2D eigenvalue weighted by Crippen LogP contribution is 2.24. The first-order valence-corrected chi connectivity index (χ1v) is 6.82. The average molecular weight is 340 g/mol. The highest BCUT2D eigenvalue weighted by Gasteiger charge is 2.07. The molecule has 0 aromatic heterocycles. The molecule has 98 valence electrons. The van der Waals surface area contributed by atoms with E-state index in [0.717, 1.165) is 10.0 Å². The van der Waals surface area contributed by atoms with Gasteiger partial charge in [0, 0.05) is 4.47 Å². The van der Waals surface area contributed by atoms with Crippen LogP contribution >= 0.6 is 27.5 Å². The molecule has 0 heterocycles. The van der Waals surface area contributed by atoms with E-state index in [-0.39, 0.29) is 6.03 Å². The van der Waals surface area contributed by atoms with Gasteiger partial charge in [0.05, 0.1) is 16.4 Å². The maximum atomic E-state index is 11.9. The van der Waals surface area contributed by atoms with Crippen LogP contribution in [0.25, 0.3) is 0 Å². The standard InChI is InChI=1S/C14H12BrClN2O/c1-9-6-7-12(10(15)8-9)17-14(19)18-13-5-3-2-4-11(13)16/h2-8H,1H3,(H2,17,18,19). The third-order valence-electron chi connectivity index (χ3n) is 2.49. The van der Waals surface area contributed by atoms with Crippen LogP contribution in [-0.4, -0.2) is 6.03 Å². The Bertz CT molecular complexity index is 616. The maximum Gasteiger partial charge on any atom is 0.323 e. The molecule has 0 aliphatic heterocycles. The summed E-state index contributed by atoms with van der Waals surface area (Å²) in [6.07, 6.45) is 0. The topological polar surface area (TPSA) is 41.1 Å². The average Bonchev–Trinajstić information content (AvgIpc) is 2.36. The van der Waals surface area contributed by atoms with E-state index in [1.165, 1.54) is 0 Å². The number of rotatable bonds is 2. The highest BCUT2D eigenvalue weighted by molar-refractivity contribution is 9.10. The van der Waals surface area contributed by atoms with Crippen molar-refractivity contribution in [1.29, 1.82) is 0 Å². The summed E-state index contributed by atoms with van der Waals surface area (Å²) < 4.78 is 0.835. The van der Waals surface area contributed by atoms with Crippen molar-refractivity contribution in [3.8, 4) is 0 Å². The normalized spacial score (nSPS) is 10.1. The van der Waals surface area contributed by atoms with E-state index in [0.29, 0.717) is 16.4 Å². The predicted molar refractivity (Wildman–Crippen MR) is 83.0 cm³/mol. The Labute approximate surface area is 125 Å². The van der Waals surface area contributed by atoms with E-state index in [1.54, 1.807) is 12.1 Å². The van der Waals surface area contributed by atoms with Gasteiger partial charge in [0.15, 0.2) is 0 Å². The molecule has 2 rings (SSSR count). The number of carbonyl (C=O) groups excluding carboxylic acids is 1. The molecule has 0 fully saturated rings. The maximum absolute atomic E-state index is 11.9. The second-order valence-electron chi connectivity index (χ2n) is 4.04. The zero-order valence-corrected chi connectivity index (χ0v) is 12.5. The molecule has 0 atom stereocenters. The minimum Gasteiger partial charge on any atom is -0.307 e. The van der Waals surface area contributed by atoms with Gasteiger partial charge in [0.2, 0.25) is 0 Å². The number of nitrogens with one attached hydrogen (secondary N) is 2. The Morgan fingerprint density at radius 1 is 1.11 bits per heavy atom. The van der Waals surface area contributed by atoms with Gasteiger partial charge in [-0.2, -0.15) is 0 Å². The largest absolute Gasteiger partial charge is 0.323 e. The second kappa shape index (κ2) is 6.08. The fourth-order valence-corrected chi connectivity index (χ4v) is 2.34. The van der Waals surface area contributed by atoms with Gasteiger partial charge in [-0.15, -0.1) is 0 Å². The van der Waals surface area contributed by atoms with Crippen LogP contribution in [0.3, 0.4) is 0 Å². The molecule has 0 saturated heterocycles. The predicted octanol–water partition coefficient (Wildman–Crippen LogP) is 5.05. The summed E-state index contributed by atoms with van der Waals surface area (Å²) in [7, 11) is 0. The van der Waals surface area contributed by atoms with Crippen LogP contribution in [0.5, 0.6) is 0 Å². The molecule has 0 unspecified atom stereocenters. The second-order valence-corrected chi connectivity index (χ2v) is 5.30. The molecule has 0 aliphatic rings. The lowest BCUT2D eigenvalue weighted by Crippen LogP contribution is -2.19. The number of hydrogen-bond acceptors (Lipinski definition) is 1. The zero-order valence-electron chi connectivity index (χ0n) is 10.2. The van der Waals surface area contributed by atoms with Crippen molar-refractivity contribution in [3.05, 3.63) is 57.5 Å². The van der Waals surface area contributed by atoms with Crippen LogP contribution < -0.4 is 10.6 Å². The fourth-order valence-electron chi connectivity index (χ4n) is 1.56. The van der Waals surface area contributed by atoms with Crippen LogP contribution in [0.4, 0.5) is 16.2 Å². The minimum atomic E-state index is -0.336. The quantitative estimate of drug-likeness (QED) is 0.789. The smallest absolute Gasteiger partial charge is 0.307 e. The van der Waals surface area contributed by atoms with Crippen LogP contribution in [0.15, 0.2) is 46.9 Å². The van der Waals surface area contributed by atoms with Crippen LogP contribution in [-0.2, 0) is 0 Å². The van der Waals surface area contributed by atoms with E-state index in [2.05, 4.69) is 26.6 Å². The molecule has 0 spiro atoms. The number of benzene rings is 2. The van der Waals surface area contributed by atoms with Gasteiger partial charge in [0.1, 0.15) is 0 Å². The molecule has 3 nitrogen and oxygen atoms in total. The van der Waals surface area contributed by atoms with Gasteiger partial charge in [-0.05, 0) is 52.7 Å². The Morgan fingerprint density at radius 3 is 2.47 bits per heavy atom. The fraction of sp³-hybridized carbons (Fsp3) is 0.0714. The molecule has 2 N–H and O–H groups in total. The number of anilines is 2. The first-order valence-electron chi connectivity index (χ1n) is 5.65. The molecule has 0 radical (unpaired) electrons. The van der Waals surface area contributed by atoms with Gasteiger partial charge in [-0.1, -0.05) is 29.8 Å². The summed E-state index contributed by atoms with van der Waals surface area (Å²) in [5.74, 6) is 0. The molecule has 2 aromatic carbocycles. The minimum absolute atomic E-state index is 0.336. The van der Waals surface area contributed by atoms with Crippen molar-refractivity contribution in [2.75, 3.05) is 10.6 Å². The summed E-state index contributed by atoms with van der Waals surface area (Å²) in [5.41, 5.74) is 2.39. The molecular weight excluding hydrogens is 328 g/mol. The SMILES string of the molecule is Cc1ccc(NC(=O)Nc2ccccc2Cl)c(Br)c1. The number of para-hydroxylation sites is 1. The van der Waals surface area contributed by atoms with Crippen molar-refractivity contribution in [3.63, 3.8) is 0 Å². The van der Waals surface area contributed by atoms with E-state index >= 15 is 0 Å². The van der Waals surface area contributed by atoms with E-state index in [1.807, 2.05) is 37.3 Å². The lowest BCUT2D eigenvalue weighted by Gasteiger charge is -2.10. The Balaban J connectivity index is 2.08. The lowest BCUT2D eigenvalue weighted by atomic mass is 10.2. The summed E-state index contributed by atoms with van der Waals surface area (Å²) in [6, 6.07) is 12.4. The molecule has 5 heteroatoms. The van der Waals surface area contributed by atoms with Gasteiger partial charge < -0.3 is 10.6 Å². The molecule has 2 amide bonds. The van der Waals surface area contributed by atoms with Gasteiger partial charge in [-0.3, -0.25) is 0 Å². The first-order chi connectivity index (χ1) is 9.06. The van der Waals surface area contributed by atoms with Crippen LogP contribution in [0.2, 0.25) is 5.02 Å². The van der Waals surface area contributed by atoms with E-state index in [9.17, 15) is 4.79 Å². The van der Waals surface area contributed by atoms with Crippen LogP contribution in [0.1, 0.15) is 5.56 Å². The van der Waals surface area contributed by atoms with Crippen molar-refractivity contribution >= 4 is 44.9 Å². The molecule has 0 saturated carbocycles. The summed E-state index contributed by atoms with van der Waals surface area (Å²) in [6.45, 7) is 1.98. The number of urea groups is 1. The molecular formula is C14H12BrClN2O. The first kappa shape index (κ1) is 13.9. The number of halogens is 2. The monoisotopic (exact) mass is 338 g/mol. The molecule has 2 aromatic rings. The summed E-state index contributed by atoms with van der Waals surface area (Å²) in [5, 5.41) is 5.96. The number of carbonyl (C=O) groups is 1. The van der Waals surface area contributed by atoms with Crippen molar-refractivity contribution < 1.29 is 4.79 Å². The summed E-state index contributed by atoms with van der Waals surface area (Å²) in [4.78, 5) is 11.9. The summed E-state index contributed by atoms with van der Waals surface area (Å²) >= 11 is 9.38. The van der Waals surface area contributed by atoms with Crippen molar-refractivity contribution in [2.45, 2.75) is 6.92 Å². The van der Waals surface area contributed by atoms with Gasteiger partial charge in [0.25, 0.3) is 0 Å². The Hall–Kier alpha value is -1.52. The number of aryl methyl sites for hydroxylation is 1.